The van der Waals surface area contributed by atoms with Crippen LogP contribution in [0, 0.1) is 6.92 Å². The Bertz CT molecular complexity index is 1400. The van der Waals surface area contributed by atoms with Crippen molar-refractivity contribution in [1.82, 2.24) is 20.2 Å². The van der Waals surface area contributed by atoms with E-state index in [0.717, 1.165) is 44.7 Å². The number of nitrogens with zero attached hydrogens (tertiary/aromatic N) is 3. The molecule has 5 rings (SSSR count). The lowest BCUT2D eigenvalue weighted by Gasteiger charge is -2.13. The molecule has 0 aliphatic rings. The van der Waals surface area contributed by atoms with E-state index in [9.17, 15) is 0 Å². The summed E-state index contributed by atoms with van der Waals surface area (Å²) in [7, 11) is 0. The van der Waals surface area contributed by atoms with Crippen LogP contribution < -0.4 is 5.32 Å². The van der Waals surface area contributed by atoms with Gasteiger partial charge in [-0.3, -0.25) is 15.1 Å². The van der Waals surface area contributed by atoms with Gasteiger partial charge in [-0.25, -0.2) is 0 Å². The molecule has 3 aromatic heterocycles. The number of aryl methyl sites for hydroxylation is 1. The Balaban J connectivity index is 1.53. The Morgan fingerprint density at radius 2 is 1.71 bits per heavy atom. The summed E-state index contributed by atoms with van der Waals surface area (Å²) in [5.41, 5.74) is 7.33. The van der Waals surface area contributed by atoms with Crippen molar-refractivity contribution in [3.63, 3.8) is 0 Å². The first kappa shape index (κ1) is 19.1. The van der Waals surface area contributed by atoms with E-state index in [4.69, 9.17) is 12.2 Å². The standard InChI is InChI=1S/C25H19N5S/c1-16-7-6-12-22(28-16)19-9-3-5-11-23(19)29-25(31)24-20(15-27-30-24)17-13-14-26-21-10-4-2-8-18(17)21/h2-15H,1H3,(H,27,30)(H,29,31). The first-order valence-corrected chi connectivity index (χ1v) is 10.3. The molecular formula is C25H19N5S. The number of anilines is 1. The molecule has 0 saturated carbocycles. The summed E-state index contributed by atoms with van der Waals surface area (Å²) >= 11 is 5.77. The maximum atomic E-state index is 5.77. The molecule has 0 spiro atoms. The number of hydrogen-bond donors (Lipinski definition) is 2. The van der Waals surface area contributed by atoms with Gasteiger partial charge in [0.2, 0.25) is 0 Å². The second kappa shape index (κ2) is 8.08. The highest BCUT2D eigenvalue weighted by Crippen LogP contribution is 2.31. The minimum absolute atomic E-state index is 0.539. The zero-order chi connectivity index (χ0) is 21.2. The molecule has 0 aliphatic heterocycles. The molecule has 2 N–H and O–H groups in total. The van der Waals surface area contributed by atoms with Gasteiger partial charge in [0.25, 0.3) is 0 Å². The number of fused-ring (bicyclic) bond motifs is 1. The molecule has 3 heterocycles. The number of aromatic amines is 1. The summed E-state index contributed by atoms with van der Waals surface area (Å²) in [4.78, 5) is 9.66. The van der Waals surface area contributed by atoms with Crippen molar-refractivity contribution in [3.05, 3.63) is 96.6 Å². The maximum absolute atomic E-state index is 5.77. The summed E-state index contributed by atoms with van der Waals surface area (Å²) in [5, 5.41) is 11.9. The molecule has 5 nitrogen and oxygen atoms in total. The highest BCUT2D eigenvalue weighted by molar-refractivity contribution is 7.81. The summed E-state index contributed by atoms with van der Waals surface area (Å²) in [6.45, 7) is 1.99. The van der Waals surface area contributed by atoms with Crippen LogP contribution >= 0.6 is 12.2 Å². The van der Waals surface area contributed by atoms with E-state index in [2.05, 4.69) is 31.5 Å². The van der Waals surface area contributed by atoms with Crippen LogP contribution in [0.25, 0.3) is 33.3 Å². The number of aromatic nitrogens is 4. The topological polar surface area (TPSA) is 66.5 Å². The first-order chi connectivity index (χ1) is 15.2. The third-order valence-corrected chi connectivity index (χ3v) is 5.43. The van der Waals surface area contributed by atoms with Gasteiger partial charge in [0.1, 0.15) is 10.7 Å². The molecule has 0 unspecified atom stereocenters. The predicted octanol–water partition coefficient (Wildman–Crippen LogP) is 5.78. The highest BCUT2D eigenvalue weighted by atomic mass is 32.1. The zero-order valence-corrected chi connectivity index (χ0v) is 17.6. The van der Waals surface area contributed by atoms with Crippen LogP contribution in [0.1, 0.15) is 11.4 Å². The Labute approximate surface area is 185 Å². The molecule has 0 fully saturated rings. The van der Waals surface area contributed by atoms with E-state index in [1.807, 2.05) is 86.0 Å². The summed E-state index contributed by atoms with van der Waals surface area (Å²) in [5.74, 6) is 0. The Hall–Kier alpha value is -3.90. The van der Waals surface area contributed by atoms with E-state index >= 15 is 0 Å². The summed E-state index contributed by atoms with van der Waals surface area (Å²) in [6.07, 6.45) is 3.68. The lowest BCUT2D eigenvalue weighted by molar-refractivity contribution is 1.08. The average molecular weight is 422 g/mol. The van der Waals surface area contributed by atoms with Crippen LogP contribution in [0.15, 0.2) is 85.2 Å². The third kappa shape index (κ3) is 3.69. The Kier molecular flexibility index (Phi) is 4.98. The fourth-order valence-corrected chi connectivity index (χ4v) is 3.95. The van der Waals surface area contributed by atoms with E-state index in [-0.39, 0.29) is 0 Å². The Morgan fingerprint density at radius 1 is 0.871 bits per heavy atom. The zero-order valence-electron chi connectivity index (χ0n) is 16.8. The highest BCUT2D eigenvalue weighted by Gasteiger charge is 2.17. The largest absolute Gasteiger partial charge is 0.344 e. The van der Waals surface area contributed by atoms with Gasteiger partial charge in [0, 0.05) is 40.3 Å². The molecule has 31 heavy (non-hydrogen) atoms. The maximum Gasteiger partial charge on any atom is 0.132 e. The van der Waals surface area contributed by atoms with E-state index < -0.39 is 0 Å². The molecule has 0 radical (unpaired) electrons. The number of benzene rings is 2. The van der Waals surface area contributed by atoms with Gasteiger partial charge in [-0.2, -0.15) is 5.10 Å². The van der Waals surface area contributed by atoms with Crippen molar-refractivity contribution >= 4 is 33.8 Å². The van der Waals surface area contributed by atoms with Crippen molar-refractivity contribution in [2.75, 3.05) is 5.32 Å². The van der Waals surface area contributed by atoms with Crippen LogP contribution in [-0.4, -0.2) is 25.2 Å². The first-order valence-electron chi connectivity index (χ1n) is 9.93. The van der Waals surface area contributed by atoms with Crippen LogP contribution in [0.3, 0.4) is 0 Å². The molecule has 0 aliphatic carbocycles. The van der Waals surface area contributed by atoms with Crippen molar-refractivity contribution in [3.8, 4) is 22.4 Å². The lowest BCUT2D eigenvalue weighted by Crippen LogP contribution is -2.13. The van der Waals surface area contributed by atoms with Gasteiger partial charge in [-0.05, 0) is 42.8 Å². The molecule has 6 heteroatoms. The number of para-hydroxylation sites is 2. The lowest BCUT2D eigenvalue weighted by atomic mass is 10.0. The van der Waals surface area contributed by atoms with Gasteiger partial charge < -0.3 is 5.32 Å². The van der Waals surface area contributed by atoms with Gasteiger partial charge in [-0.1, -0.05) is 54.7 Å². The van der Waals surface area contributed by atoms with E-state index in [1.54, 1.807) is 0 Å². The van der Waals surface area contributed by atoms with Crippen molar-refractivity contribution in [2.24, 2.45) is 0 Å². The van der Waals surface area contributed by atoms with E-state index in [0.29, 0.717) is 10.7 Å². The molecule has 0 bridgehead atoms. The predicted molar refractivity (Wildman–Crippen MR) is 129 cm³/mol. The van der Waals surface area contributed by atoms with Gasteiger partial charge in [0.05, 0.1) is 11.2 Å². The molecule has 0 amide bonds. The monoisotopic (exact) mass is 421 g/mol. The van der Waals surface area contributed by atoms with Crippen molar-refractivity contribution in [1.29, 1.82) is 0 Å². The smallest absolute Gasteiger partial charge is 0.132 e. The van der Waals surface area contributed by atoms with Crippen LogP contribution in [0.5, 0.6) is 0 Å². The van der Waals surface area contributed by atoms with Crippen LogP contribution in [0.2, 0.25) is 0 Å². The Morgan fingerprint density at radius 3 is 2.61 bits per heavy atom. The summed E-state index contributed by atoms with van der Waals surface area (Å²) < 4.78 is 0. The second-order valence-electron chi connectivity index (χ2n) is 7.19. The molecule has 5 aromatic rings. The normalized spacial score (nSPS) is 10.9. The van der Waals surface area contributed by atoms with Crippen LogP contribution in [0.4, 0.5) is 5.69 Å². The molecule has 2 aromatic carbocycles. The van der Waals surface area contributed by atoms with Crippen LogP contribution in [-0.2, 0) is 0 Å². The number of nitrogens with one attached hydrogen (secondary N) is 2. The fourth-order valence-electron chi connectivity index (χ4n) is 3.69. The molecule has 150 valence electrons. The van der Waals surface area contributed by atoms with E-state index in [1.165, 1.54) is 0 Å². The van der Waals surface area contributed by atoms with Gasteiger partial charge in [-0.15, -0.1) is 0 Å². The minimum Gasteiger partial charge on any atom is -0.344 e. The van der Waals surface area contributed by atoms with Crippen molar-refractivity contribution < 1.29 is 0 Å². The number of H-pyrrole nitrogens is 1. The summed E-state index contributed by atoms with van der Waals surface area (Å²) in [6, 6.07) is 24.0. The van der Waals surface area contributed by atoms with Gasteiger partial charge >= 0.3 is 0 Å². The number of rotatable bonds is 4. The number of thiocarbonyl (C=S) groups is 1. The number of hydrogen-bond acceptors (Lipinski definition) is 4. The minimum atomic E-state index is 0.539. The molecule has 0 saturated heterocycles. The second-order valence-corrected chi connectivity index (χ2v) is 7.60. The van der Waals surface area contributed by atoms with Gasteiger partial charge in [0.15, 0.2) is 0 Å². The molecular weight excluding hydrogens is 402 g/mol. The quantitative estimate of drug-likeness (QED) is 0.360. The average Bonchev–Trinajstić information content (AvgIpc) is 3.29. The van der Waals surface area contributed by atoms with Crippen molar-refractivity contribution in [2.45, 2.75) is 6.92 Å². The SMILES string of the molecule is Cc1cccc(-c2ccccc2NC(=S)c2n[nH]cc2-c2ccnc3ccccc23)n1. The number of pyridine rings is 2. The fraction of sp³-hybridized carbons (Fsp3) is 0.0400. The molecule has 0 atom stereocenters. The third-order valence-electron chi connectivity index (χ3n) is 5.13.